The monoisotopic (exact) mass is 494 g/mol. The highest BCUT2D eigenvalue weighted by Crippen LogP contribution is 2.43. The van der Waals surface area contributed by atoms with Gasteiger partial charge < -0.3 is 5.32 Å². The number of nitrogens with one attached hydrogen (secondary N) is 1. The van der Waals surface area contributed by atoms with Crippen LogP contribution in [0.1, 0.15) is 36.5 Å². The Morgan fingerprint density at radius 3 is 2.56 bits per heavy atom. The standard InChI is InChI=1S/C27H30N2O3S2/c1-19(2)22-11-12-25-24(16-22)23-9-4-5-10-26(23)34(31,32)29(25)17-27(30)28-13-14-33-18-21-8-6-7-20(3)15-21/h4-12,15-16,19H,13-14,17-18H2,1-3H3,(H,28,30). The van der Waals surface area contributed by atoms with Crippen LogP contribution in [-0.4, -0.2) is 33.2 Å². The van der Waals surface area contributed by atoms with Crippen LogP contribution >= 0.6 is 11.8 Å². The summed E-state index contributed by atoms with van der Waals surface area (Å²) >= 11 is 1.74. The molecule has 0 radical (unpaired) electrons. The van der Waals surface area contributed by atoms with Crippen LogP contribution in [0.5, 0.6) is 0 Å². The normalized spacial score (nSPS) is 13.9. The van der Waals surface area contributed by atoms with Crippen molar-refractivity contribution in [3.05, 3.63) is 83.4 Å². The van der Waals surface area contributed by atoms with E-state index in [1.165, 1.54) is 15.4 Å². The van der Waals surface area contributed by atoms with Crippen LogP contribution < -0.4 is 9.62 Å². The van der Waals surface area contributed by atoms with Crippen molar-refractivity contribution in [3.63, 3.8) is 0 Å². The lowest BCUT2D eigenvalue weighted by Crippen LogP contribution is -2.43. The molecule has 3 aromatic rings. The fraction of sp³-hybridized carbons (Fsp3) is 0.296. The molecule has 3 aromatic carbocycles. The first-order valence-corrected chi connectivity index (χ1v) is 14.0. The van der Waals surface area contributed by atoms with Crippen molar-refractivity contribution in [1.29, 1.82) is 0 Å². The van der Waals surface area contributed by atoms with E-state index in [0.29, 0.717) is 23.7 Å². The van der Waals surface area contributed by atoms with Gasteiger partial charge in [0.2, 0.25) is 5.91 Å². The molecule has 0 atom stereocenters. The minimum Gasteiger partial charge on any atom is -0.354 e. The topological polar surface area (TPSA) is 66.5 Å². The van der Waals surface area contributed by atoms with E-state index in [1.807, 2.05) is 36.4 Å². The van der Waals surface area contributed by atoms with Crippen molar-refractivity contribution in [1.82, 2.24) is 5.32 Å². The Kier molecular flexibility index (Phi) is 7.33. The number of aryl methyl sites for hydroxylation is 1. The quantitative estimate of drug-likeness (QED) is 0.429. The molecule has 0 spiro atoms. The predicted molar refractivity (Wildman–Crippen MR) is 141 cm³/mol. The van der Waals surface area contributed by atoms with Gasteiger partial charge in [0.1, 0.15) is 6.54 Å². The van der Waals surface area contributed by atoms with Crippen LogP contribution in [0.2, 0.25) is 0 Å². The van der Waals surface area contributed by atoms with Gasteiger partial charge in [-0.25, -0.2) is 8.42 Å². The minimum atomic E-state index is -3.83. The second kappa shape index (κ2) is 10.2. The van der Waals surface area contributed by atoms with E-state index in [1.54, 1.807) is 23.9 Å². The highest BCUT2D eigenvalue weighted by molar-refractivity contribution is 7.98. The molecular weight excluding hydrogens is 464 g/mol. The molecule has 1 aliphatic rings. The van der Waals surface area contributed by atoms with Crippen LogP contribution in [0.15, 0.2) is 71.6 Å². The number of hydrogen-bond donors (Lipinski definition) is 1. The maximum atomic E-state index is 13.4. The van der Waals surface area contributed by atoms with Gasteiger partial charge in [-0.05, 0) is 42.2 Å². The van der Waals surface area contributed by atoms with Gasteiger partial charge in [0, 0.05) is 29.2 Å². The first-order valence-electron chi connectivity index (χ1n) is 11.4. The molecule has 178 valence electrons. The van der Waals surface area contributed by atoms with Crippen LogP contribution in [0, 0.1) is 6.92 Å². The lowest BCUT2D eigenvalue weighted by Gasteiger charge is -2.32. The molecule has 0 saturated heterocycles. The zero-order valence-electron chi connectivity index (χ0n) is 19.7. The number of carbonyl (C=O) groups is 1. The number of benzene rings is 3. The summed E-state index contributed by atoms with van der Waals surface area (Å²) in [7, 11) is -3.83. The molecule has 0 saturated carbocycles. The van der Waals surface area contributed by atoms with Crippen LogP contribution in [0.25, 0.3) is 11.1 Å². The van der Waals surface area contributed by atoms with Gasteiger partial charge in [-0.2, -0.15) is 11.8 Å². The van der Waals surface area contributed by atoms with Crippen molar-refractivity contribution in [2.24, 2.45) is 0 Å². The molecule has 0 aliphatic carbocycles. The van der Waals surface area contributed by atoms with Gasteiger partial charge >= 0.3 is 0 Å². The molecule has 4 rings (SSSR count). The van der Waals surface area contributed by atoms with Gasteiger partial charge in [-0.15, -0.1) is 0 Å². The van der Waals surface area contributed by atoms with Crippen molar-refractivity contribution in [3.8, 4) is 11.1 Å². The molecule has 7 heteroatoms. The Bertz CT molecular complexity index is 1300. The van der Waals surface area contributed by atoms with E-state index in [2.05, 4.69) is 44.3 Å². The third-order valence-corrected chi connectivity index (χ3v) is 8.76. The molecule has 1 heterocycles. The summed E-state index contributed by atoms with van der Waals surface area (Å²) in [6, 6.07) is 21.2. The van der Waals surface area contributed by atoms with Gasteiger partial charge in [0.15, 0.2) is 0 Å². The number of carbonyl (C=O) groups excluding carboxylic acids is 1. The zero-order valence-corrected chi connectivity index (χ0v) is 21.4. The predicted octanol–water partition coefficient (Wildman–Crippen LogP) is 5.34. The fourth-order valence-electron chi connectivity index (χ4n) is 4.12. The smallest absolute Gasteiger partial charge is 0.265 e. The van der Waals surface area contributed by atoms with E-state index in [0.717, 1.165) is 22.6 Å². The number of amides is 1. The number of thioether (sulfide) groups is 1. The number of sulfonamides is 1. The van der Waals surface area contributed by atoms with Crippen molar-refractivity contribution >= 4 is 33.4 Å². The molecule has 34 heavy (non-hydrogen) atoms. The summed E-state index contributed by atoms with van der Waals surface area (Å²) < 4.78 is 28.1. The molecule has 1 aliphatic heterocycles. The Morgan fingerprint density at radius 2 is 1.79 bits per heavy atom. The van der Waals surface area contributed by atoms with E-state index in [-0.39, 0.29) is 17.3 Å². The van der Waals surface area contributed by atoms with Gasteiger partial charge in [0.25, 0.3) is 10.0 Å². The summed E-state index contributed by atoms with van der Waals surface area (Å²) in [5.41, 5.74) is 5.69. The molecule has 1 N–H and O–H groups in total. The summed E-state index contributed by atoms with van der Waals surface area (Å²) in [6.07, 6.45) is 0. The van der Waals surface area contributed by atoms with Gasteiger partial charge in [0.05, 0.1) is 10.6 Å². The van der Waals surface area contributed by atoms with Crippen LogP contribution in [-0.2, 0) is 20.6 Å². The SMILES string of the molecule is Cc1cccc(CSCCNC(=O)CN2c3ccc(C(C)C)cc3-c3ccccc3S2(=O)=O)c1. The number of anilines is 1. The molecule has 0 fully saturated rings. The third-order valence-electron chi connectivity index (χ3n) is 5.91. The average molecular weight is 495 g/mol. The second-order valence-electron chi connectivity index (χ2n) is 8.83. The molecule has 0 aromatic heterocycles. The van der Waals surface area contributed by atoms with Crippen molar-refractivity contribution < 1.29 is 13.2 Å². The van der Waals surface area contributed by atoms with Crippen LogP contribution in [0.3, 0.4) is 0 Å². The first kappa shape index (κ1) is 24.4. The summed E-state index contributed by atoms with van der Waals surface area (Å²) in [5.74, 6) is 1.63. The van der Waals surface area contributed by atoms with E-state index >= 15 is 0 Å². The lowest BCUT2D eigenvalue weighted by atomic mass is 9.95. The zero-order chi connectivity index (χ0) is 24.3. The third kappa shape index (κ3) is 5.15. The Balaban J connectivity index is 1.45. The van der Waals surface area contributed by atoms with E-state index in [4.69, 9.17) is 0 Å². The molecular formula is C27H30N2O3S2. The van der Waals surface area contributed by atoms with E-state index in [9.17, 15) is 13.2 Å². The highest BCUT2D eigenvalue weighted by Gasteiger charge is 2.36. The molecule has 5 nitrogen and oxygen atoms in total. The Labute approximate surface area is 206 Å². The number of rotatable bonds is 8. The Morgan fingerprint density at radius 1 is 1.00 bits per heavy atom. The van der Waals surface area contributed by atoms with Crippen molar-refractivity contribution in [2.45, 2.75) is 37.3 Å². The number of hydrogen-bond acceptors (Lipinski definition) is 4. The largest absolute Gasteiger partial charge is 0.354 e. The highest BCUT2D eigenvalue weighted by atomic mass is 32.2. The first-order chi connectivity index (χ1) is 16.3. The maximum Gasteiger partial charge on any atom is 0.265 e. The lowest BCUT2D eigenvalue weighted by molar-refractivity contribution is -0.119. The van der Waals surface area contributed by atoms with Crippen molar-refractivity contribution in [2.75, 3.05) is 23.1 Å². The van der Waals surface area contributed by atoms with Gasteiger partial charge in [-0.3, -0.25) is 9.10 Å². The maximum absolute atomic E-state index is 13.4. The van der Waals surface area contributed by atoms with E-state index < -0.39 is 10.0 Å². The number of nitrogens with zero attached hydrogens (tertiary/aromatic N) is 1. The second-order valence-corrected chi connectivity index (χ2v) is 11.8. The summed E-state index contributed by atoms with van der Waals surface area (Å²) in [6.45, 7) is 6.53. The Hall–Kier alpha value is -2.77. The fourth-order valence-corrected chi connectivity index (χ4v) is 6.57. The molecule has 0 unspecified atom stereocenters. The molecule has 0 bridgehead atoms. The number of fused-ring (bicyclic) bond motifs is 3. The average Bonchev–Trinajstić information content (AvgIpc) is 2.81. The minimum absolute atomic E-state index is 0.241. The van der Waals surface area contributed by atoms with Gasteiger partial charge in [-0.1, -0.05) is 67.9 Å². The summed E-state index contributed by atoms with van der Waals surface area (Å²) in [4.78, 5) is 13.0. The molecule has 1 amide bonds. The van der Waals surface area contributed by atoms with Crippen LogP contribution in [0.4, 0.5) is 5.69 Å². The summed E-state index contributed by atoms with van der Waals surface area (Å²) in [5, 5.41) is 2.88.